The van der Waals surface area contributed by atoms with Crippen molar-refractivity contribution in [3.8, 4) is 12.1 Å². The Labute approximate surface area is 77.0 Å². The molecule has 0 aliphatic rings. The van der Waals surface area contributed by atoms with Crippen LogP contribution in [0, 0.1) is 22.7 Å². The first kappa shape index (κ1) is 11.2. The monoisotopic (exact) mass is 178 g/mol. The topological polar surface area (TPSA) is 73.9 Å². The molecule has 0 amide bonds. The van der Waals surface area contributed by atoms with Crippen LogP contribution in [-0.4, -0.2) is 12.6 Å². The van der Waals surface area contributed by atoms with E-state index < -0.39 is 5.97 Å². The van der Waals surface area contributed by atoms with E-state index in [4.69, 9.17) is 10.5 Å². The van der Waals surface area contributed by atoms with Gasteiger partial charge in [0, 0.05) is 0 Å². The maximum Gasteiger partial charge on any atom is 0.336 e. The molecule has 0 aliphatic heterocycles. The molecule has 0 radical (unpaired) electrons. The lowest BCUT2D eigenvalue weighted by Gasteiger charge is -2.02. The van der Waals surface area contributed by atoms with Crippen molar-refractivity contribution in [2.75, 3.05) is 6.61 Å². The van der Waals surface area contributed by atoms with E-state index in [1.54, 1.807) is 26.0 Å². The second kappa shape index (κ2) is 5.79. The fourth-order valence-corrected chi connectivity index (χ4v) is 0.801. The fraction of sp³-hybridized carbons (Fsp3) is 0.444. The number of allylic oxidation sites excluding steroid dienone is 1. The molecule has 0 fully saturated rings. The lowest BCUT2D eigenvalue weighted by molar-refractivity contribution is -0.138. The largest absolute Gasteiger partial charge is 0.463 e. The number of carbonyl (C=O) groups is 1. The van der Waals surface area contributed by atoms with Crippen molar-refractivity contribution in [2.24, 2.45) is 0 Å². The Kier molecular flexibility index (Phi) is 4.99. The average Bonchev–Trinajstić information content (AvgIpc) is 2.14. The second-order valence-corrected chi connectivity index (χ2v) is 2.15. The summed E-state index contributed by atoms with van der Waals surface area (Å²) < 4.78 is 4.68. The summed E-state index contributed by atoms with van der Waals surface area (Å²) in [6.07, 6.45) is 0.329. The molecule has 0 saturated heterocycles. The Morgan fingerprint density at radius 1 is 1.31 bits per heavy atom. The van der Waals surface area contributed by atoms with Crippen molar-refractivity contribution < 1.29 is 9.53 Å². The zero-order valence-electron chi connectivity index (χ0n) is 7.63. The van der Waals surface area contributed by atoms with E-state index in [0.717, 1.165) is 0 Å². The van der Waals surface area contributed by atoms with Gasteiger partial charge in [0.2, 0.25) is 0 Å². The second-order valence-electron chi connectivity index (χ2n) is 2.15. The summed E-state index contributed by atoms with van der Waals surface area (Å²) in [6, 6.07) is 3.32. The molecule has 68 valence electrons. The van der Waals surface area contributed by atoms with Crippen LogP contribution in [0.25, 0.3) is 0 Å². The van der Waals surface area contributed by atoms with Gasteiger partial charge in [-0.05, 0) is 13.3 Å². The van der Waals surface area contributed by atoms with Crippen LogP contribution < -0.4 is 0 Å². The van der Waals surface area contributed by atoms with Gasteiger partial charge in [-0.1, -0.05) is 6.92 Å². The zero-order valence-corrected chi connectivity index (χ0v) is 7.63. The first-order chi connectivity index (χ1) is 6.21. The van der Waals surface area contributed by atoms with E-state index in [-0.39, 0.29) is 17.8 Å². The molecular formula is C9H10N2O2. The van der Waals surface area contributed by atoms with Gasteiger partial charge in [0.25, 0.3) is 0 Å². The highest BCUT2D eigenvalue weighted by Gasteiger charge is 2.14. The van der Waals surface area contributed by atoms with Crippen molar-refractivity contribution >= 4 is 5.97 Å². The number of ether oxygens (including phenoxy) is 1. The van der Waals surface area contributed by atoms with Gasteiger partial charge in [0.1, 0.15) is 17.7 Å². The highest BCUT2D eigenvalue weighted by atomic mass is 16.5. The lowest BCUT2D eigenvalue weighted by Crippen LogP contribution is -2.08. The number of carbonyl (C=O) groups excluding carboxylic acids is 1. The van der Waals surface area contributed by atoms with Gasteiger partial charge in [0.05, 0.1) is 12.2 Å². The number of nitrogens with zero attached hydrogens (tertiary/aromatic N) is 2. The molecule has 0 aromatic heterocycles. The van der Waals surface area contributed by atoms with Gasteiger partial charge in [-0.15, -0.1) is 0 Å². The minimum Gasteiger partial charge on any atom is -0.463 e. The van der Waals surface area contributed by atoms with Crippen molar-refractivity contribution in [1.29, 1.82) is 10.5 Å². The average molecular weight is 178 g/mol. The number of hydrogen-bond donors (Lipinski definition) is 0. The van der Waals surface area contributed by atoms with Crippen LogP contribution in [0.15, 0.2) is 11.1 Å². The summed E-state index contributed by atoms with van der Waals surface area (Å²) in [6.45, 7) is 3.61. The molecule has 0 bridgehead atoms. The van der Waals surface area contributed by atoms with Crippen molar-refractivity contribution in [3.63, 3.8) is 0 Å². The third-order valence-electron chi connectivity index (χ3n) is 1.40. The quantitative estimate of drug-likeness (QED) is 0.371. The van der Waals surface area contributed by atoms with Gasteiger partial charge in [-0.3, -0.25) is 0 Å². The minimum atomic E-state index is -0.580. The van der Waals surface area contributed by atoms with Gasteiger partial charge < -0.3 is 4.74 Å². The molecule has 13 heavy (non-hydrogen) atoms. The fourth-order valence-electron chi connectivity index (χ4n) is 0.801. The molecule has 0 N–H and O–H groups in total. The van der Waals surface area contributed by atoms with Crippen molar-refractivity contribution in [2.45, 2.75) is 20.3 Å². The molecular weight excluding hydrogens is 168 g/mol. The SMILES string of the molecule is CCOC(=O)C(CC)=C(C#N)C#N. The molecule has 0 aromatic carbocycles. The van der Waals surface area contributed by atoms with Crippen LogP contribution in [0.4, 0.5) is 0 Å². The normalized spacial score (nSPS) is 8.00. The maximum absolute atomic E-state index is 11.2. The number of esters is 1. The molecule has 0 saturated carbocycles. The van der Waals surface area contributed by atoms with Gasteiger partial charge >= 0.3 is 5.97 Å². The van der Waals surface area contributed by atoms with E-state index in [0.29, 0.717) is 6.42 Å². The summed E-state index contributed by atoms with van der Waals surface area (Å²) in [4.78, 5) is 11.2. The van der Waals surface area contributed by atoms with E-state index in [1.807, 2.05) is 0 Å². The summed E-state index contributed by atoms with van der Waals surface area (Å²) in [7, 11) is 0. The molecule has 0 spiro atoms. The van der Waals surface area contributed by atoms with Crippen LogP contribution >= 0.6 is 0 Å². The van der Waals surface area contributed by atoms with E-state index in [1.165, 1.54) is 0 Å². The van der Waals surface area contributed by atoms with Crippen LogP contribution in [0.2, 0.25) is 0 Å². The molecule has 0 atom stereocenters. The van der Waals surface area contributed by atoms with Crippen LogP contribution in [0.1, 0.15) is 20.3 Å². The Balaban J connectivity index is 4.91. The summed E-state index contributed by atoms with van der Waals surface area (Å²) >= 11 is 0. The molecule has 4 nitrogen and oxygen atoms in total. The lowest BCUT2D eigenvalue weighted by atomic mass is 10.1. The smallest absolute Gasteiger partial charge is 0.336 e. The zero-order chi connectivity index (χ0) is 10.3. The standard InChI is InChI=1S/C9H10N2O2/c1-3-8(7(5-10)6-11)9(12)13-4-2/h3-4H2,1-2H3. The highest BCUT2D eigenvalue weighted by molar-refractivity contribution is 5.91. The maximum atomic E-state index is 11.2. The van der Waals surface area contributed by atoms with Crippen molar-refractivity contribution in [3.05, 3.63) is 11.1 Å². The minimum absolute atomic E-state index is 0.145. The molecule has 0 aliphatic carbocycles. The first-order valence-corrected chi connectivity index (χ1v) is 3.91. The van der Waals surface area contributed by atoms with Gasteiger partial charge in [-0.25, -0.2) is 4.79 Å². The number of nitriles is 2. The van der Waals surface area contributed by atoms with Crippen molar-refractivity contribution in [1.82, 2.24) is 0 Å². The van der Waals surface area contributed by atoms with Crippen LogP contribution in [0.3, 0.4) is 0 Å². The Bertz CT molecular complexity index is 289. The van der Waals surface area contributed by atoms with E-state index >= 15 is 0 Å². The van der Waals surface area contributed by atoms with Gasteiger partial charge in [-0.2, -0.15) is 10.5 Å². The predicted octanol–water partition coefficient (Wildman–Crippen LogP) is 1.30. The predicted molar refractivity (Wildman–Crippen MR) is 45.2 cm³/mol. The first-order valence-electron chi connectivity index (χ1n) is 3.91. The number of rotatable bonds is 3. The Morgan fingerprint density at radius 3 is 2.15 bits per heavy atom. The molecule has 0 unspecified atom stereocenters. The summed E-state index contributed by atoms with van der Waals surface area (Å²) in [5, 5.41) is 17.0. The molecule has 4 heteroatoms. The van der Waals surface area contributed by atoms with Crippen LogP contribution in [-0.2, 0) is 9.53 Å². The number of hydrogen-bond acceptors (Lipinski definition) is 4. The molecule has 0 rings (SSSR count). The third kappa shape index (κ3) is 2.96. The Morgan fingerprint density at radius 2 is 1.85 bits per heavy atom. The summed E-state index contributed by atoms with van der Waals surface area (Å²) in [5.74, 6) is -0.580. The molecule has 0 aromatic rings. The Hall–Kier alpha value is -1.81. The highest BCUT2D eigenvalue weighted by Crippen LogP contribution is 2.09. The van der Waals surface area contributed by atoms with Gasteiger partial charge in [0.15, 0.2) is 0 Å². The third-order valence-corrected chi connectivity index (χ3v) is 1.40. The van der Waals surface area contributed by atoms with Crippen LogP contribution in [0.5, 0.6) is 0 Å². The molecule has 0 heterocycles. The van der Waals surface area contributed by atoms with E-state index in [2.05, 4.69) is 4.74 Å². The van der Waals surface area contributed by atoms with E-state index in [9.17, 15) is 4.79 Å². The summed E-state index contributed by atoms with van der Waals surface area (Å²) in [5.41, 5.74) is -0.0206.